The SMILES string of the molecule is CCCCOc1cc(C)nc(N2CCNCC2)n1. The van der Waals surface area contributed by atoms with E-state index in [2.05, 4.69) is 27.1 Å². The number of nitrogens with one attached hydrogen (secondary N) is 1. The maximum Gasteiger partial charge on any atom is 0.228 e. The van der Waals surface area contributed by atoms with Gasteiger partial charge in [-0.1, -0.05) is 13.3 Å². The van der Waals surface area contributed by atoms with Crippen molar-refractivity contribution >= 4 is 5.95 Å². The monoisotopic (exact) mass is 250 g/mol. The molecule has 5 heteroatoms. The van der Waals surface area contributed by atoms with Crippen molar-refractivity contribution in [1.29, 1.82) is 0 Å². The molecule has 18 heavy (non-hydrogen) atoms. The minimum Gasteiger partial charge on any atom is -0.478 e. The Kier molecular flexibility index (Phi) is 4.75. The lowest BCUT2D eigenvalue weighted by atomic mass is 10.3. The Hall–Kier alpha value is -1.36. The normalized spacial score (nSPS) is 15.8. The number of piperazine rings is 1. The summed E-state index contributed by atoms with van der Waals surface area (Å²) >= 11 is 0. The highest BCUT2D eigenvalue weighted by molar-refractivity contribution is 5.34. The van der Waals surface area contributed by atoms with Crippen LogP contribution in [-0.4, -0.2) is 42.8 Å². The van der Waals surface area contributed by atoms with E-state index in [4.69, 9.17) is 4.74 Å². The highest BCUT2D eigenvalue weighted by atomic mass is 16.5. The van der Waals surface area contributed by atoms with Crippen LogP contribution in [-0.2, 0) is 0 Å². The molecule has 1 fully saturated rings. The molecule has 100 valence electrons. The van der Waals surface area contributed by atoms with E-state index in [1.165, 1.54) is 0 Å². The average molecular weight is 250 g/mol. The first-order valence-corrected chi connectivity index (χ1v) is 6.73. The zero-order valence-corrected chi connectivity index (χ0v) is 11.3. The highest BCUT2D eigenvalue weighted by Gasteiger charge is 2.14. The molecule has 1 saturated heterocycles. The van der Waals surface area contributed by atoms with E-state index < -0.39 is 0 Å². The number of aromatic nitrogens is 2. The molecule has 0 bridgehead atoms. The molecule has 1 aromatic heterocycles. The lowest BCUT2D eigenvalue weighted by molar-refractivity contribution is 0.297. The molecule has 0 amide bonds. The van der Waals surface area contributed by atoms with Crippen molar-refractivity contribution < 1.29 is 4.74 Å². The van der Waals surface area contributed by atoms with Crippen molar-refractivity contribution in [2.75, 3.05) is 37.7 Å². The molecule has 2 heterocycles. The van der Waals surface area contributed by atoms with Crippen LogP contribution in [0.3, 0.4) is 0 Å². The Labute approximate surface area is 109 Å². The smallest absolute Gasteiger partial charge is 0.228 e. The second-order valence-corrected chi connectivity index (χ2v) is 4.59. The fraction of sp³-hybridized carbons (Fsp3) is 0.692. The van der Waals surface area contributed by atoms with Crippen LogP contribution in [0.1, 0.15) is 25.5 Å². The van der Waals surface area contributed by atoms with Crippen molar-refractivity contribution in [1.82, 2.24) is 15.3 Å². The van der Waals surface area contributed by atoms with Gasteiger partial charge in [-0.25, -0.2) is 4.98 Å². The van der Waals surface area contributed by atoms with Crippen molar-refractivity contribution in [3.8, 4) is 5.88 Å². The van der Waals surface area contributed by atoms with Crippen molar-refractivity contribution in [2.24, 2.45) is 0 Å². The van der Waals surface area contributed by atoms with Gasteiger partial charge in [0.1, 0.15) is 0 Å². The molecular formula is C13H22N4O. The predicted octanol–water partition coefficient (Wildman–Crippen LogP) is 1.37. The lowest BCUT2D eigenvalue weighted by Gasteiger charge is -2.27. The quantitative estimate of drug-likeness (QED) is 0.800. The molecule has 0 aromatic carbocycles. The van der Waals surface area contributed by atoms with Gasteiger partial charge in [0.15, 0.2) is 0 Å². The van der Waals surface area contributed by atoms with Gasteiger partial charge in [-0.05, 0) is 13.3 Å². The molecule has 1 N–H and O–H groups in total. The summed E-state index contributed by atoms with van der Waals surface area (Å²) < 4.78 is 5.67. The molecule has 0 aliphatic carbocycles. The number of aryl methyl sites for hydroxylation is 1. The van der Waals surface area contributed by atoms with E-state index in [1.54, 1.807) is 0 Å². The molecule has 1 aliphatic heterocycles. The van der Waals surface area contributed by atoms with Gasteiger partial charge >= 0.3 is 0 Å². The molecule has 0 spiro atoms. The number of unbranched alkanes of at least 4 members (excludes halogenated alkanes) is 1. The van der Waals surface area contributed by atoms with Gasteiger partial charge in [-0.3, -0.25) is 0 Å². The molecule has 0 unspecified atom stereocenters. The van der Waals surface area contributed by atoms with Crippen LogP contribution in [0.4, 0.5) is 5.95 Å². The molecule has 0 radical (unpaired) electrons. The molecule has 1 aliphatic rings. The van der Waals surface area contributed by atoms with Crippen molar-refractivity contribution in [3.63, 3.8) is 0 Å². The number of nitrogens with zero attached hydrogens (tertiary/aromatic N) is 3. The van der Waals surface area contributed by atoms with E-state index in [9.17, 15) is 0 Å². The fourth-order valence-electron chi connectivity index (χ4n) is 1.93. The van der Waals surface area contributed by atoms with Gasteiger partial charge < -0.3 is 15.0 Å². The molecular weight excluding hydrogens is 228 g/mol. The van der Waals surface area contributed by atoms with Gasteiger partial charge in [0, 0.05) is 37.9 Å². The van der Waals surface area contributed by atoms with Crippen LogP contribution < -0.4 is 15.0 Å². The van der Waals surface area contributed by atoms with Crippen LogP contribution in [0.15, 0.2) is 6.07 Å². The Morgan fingerprint density at radius 1 is 1.33 bits per heavy atom. The largest absolute Gasteiger partial charge is 0.478 e. The minimum atomic E-state index is 0.699. The Morgan fingerprint density at radius 2 is 2.11 bits per heavy atom. The van der Waals surface area contributed by atoms with E-state index in [1.807, 2.05) is 13.0 Å². The number of anilines is 1. The summed E-state index contributed by atoms with van der Waals surface area (Å²) in [7, 11) is 0. The Morgan fingerprint density at radius 3 is 2.83 bits per heavy atom. The van der Waals surface area contributed by atoms with Gasteiger partial charge in [0.05, 0.1) is 6.61 Å². The second-order valence-electron chi connectivity index (χ2n) is 4.59. The van der Waals surface area contributed by atoms with E-state index in [-0.39, 0.29) is 0 Å². The highest BCUT2D eigenvalue weighted by Crippen LogP contribution is 2.16. The molecule has 1 aromatic rings. The molecule has 2 rings (SSSR count). The maximum absolute atomic E-state index is 5.67. The summed E-state index contributed by atoms with van der Waals surface area (Å²) in [6, 6.07) is 1.90. The summed E-state index contributed by atoms with van der Waals surface area (Å²) in [5.74, 6) is 1.49. The topological polar surface area (TPSA) is 50.3 Å². The number of hydrogen-bond acceptors (Lipinski definition) is 5. The molecule has 0 saturated carbocycles. The van der Waals surface area contributed by atoms with Crippen molar-refractivity contribution in [3.05, 3.63) is 11.8 Å². The fourth-order valence-corrected chi connectivity index (χ4v) is 1.93. The Bertz CT molecular complexity index is 377. The predicted molar refractivity (Wildman–Crippen MR) is 72.3 cm³/mol. The first kappa shape index (κ1) is 13.1. The number of ether oxygens (including phenoxy) is 1. The average Bonchev–Trinajstić information content (AvgIpc) is 2.39. The minimum absolute atomic E-state index is 0.699. The molecule has 5 nitrogen and oxygen atoms in total. The number of hydrogen-bond donors (Lipinski definition) is 1. The third-order valence-electron chi connectivity index (χ3n) is 2.97. The van der Waals surface area contributed by atoms with Crippen LogP contribution in [0.2, 0.25) is 0 Å². The lowest BCUT2D eigenvalue weighted by Crippen LogP contribution is -2.44. The summed E-state index contributed by atoms with van der Waals surface area (Å²) in [4.78, 5) is 11.2. The summed E-state index contributed by atoms with van der Waals surface area (Å²) in [6.45, 7) is 8.76. The van der Waals surface area contributed by atoms with E-state index in [0.29, 0.717) is 5.88 Å². The van der Waals surface area contributed by atoms with Crippen molar-refractivity contribution in [2.45, 2.75) is 26.7 Å². The van der Waals surface area contributed by atoms with Crippen LogP contribution in [0.5, 0.6) is 5.88 Å². The van der Waals surface area contributed by atoms with Crippen LogP contribution >= 0.6 is 0 Å². The zero-order chi connectivity index (χ0) is 12.8. The van der Waals surface area contributed by atoms with E-state index >= 15 is 0 Å². The zero-order valence-electron chi connectivity index (χ0n) is 11.3. The van der Waals surface area contributed by atoms with Gasteiger partial charge in [-0.2, -0.15) is 4.98 Å². The third-order valence-corrected chi connectivity index (χ3v) is 2.97. The standard InChI is InChI=1S/C13H22N4O/c1-3-4-9-18-12-10-11(2)15-13(16-12)17-7-5-14-6-8-17/h10,14H,3-9H2,1-2H3. The molecule has 0 atom stereocenters. The second kappa shape index (κ2) is 6.54. The summed E-state index contributed by atoms with van der Waals surface area (Å²) in [5, 5.41) is 3.33. The number of rotatable bonds is 5. The van der Waals surface area contributed by atoms with E-state index in [0.717, 1.165) is 57.3 Å². The summed E-state index contributed by atoms with van der Waals surface area (Å²) in [5.41, 5.74) is 0.963. The van der Waals surface area contributed by atoms with Crippen LogP contribution in [0, 0.1) is 6.92 Å². The van der Waals surface area contributed by atoms with Gasteiger partial charge in [-0.15, -0.1) is 0 Å². The van der Waals surface area contributed by atoms with Gasteiger partial charge in [0.2, 0.25) is 11.8 Å². The third kappa shape index (κ3) is 3.57. The summed E-state index contributed by atoms with van der Waals surface area (Å²) in [6.07, 6.45) is 2.20. The maximum atomic E-state index is 5.67. The van der Waals surface area contributed by atoms with Gasteiger partial charge in [0.25, 0.3) is 0 Å². The first-order chi connectivity index (χ1) is 8.79. The van der Waals surface area contributed by atoms with Crippen LogP contribution in [0.25, 0.3) is 0 Å². The first-order valence-electron chi connectivity index (χ1n) is 6.73. The Balaban J connectivity index is 2.05.